The van der Waals surface area contributed by atoms with E-state index in [0.29, 0.717) is 17.7 Å². The van der Waals surface area contributed by atoms with Gasteiger partial charge in [0.2, 0.25) is 5.91 Å². The zero-order valence-corrected chi connectivity index (χ0v) is 12.2. The van der Waals surface area contributed by atoms with Crippen molar-refractivity contribution in [3.63, 3.8) is 0 Å². The number of rotatable bonds is 3. The molecule has 108 valence electrons. The number of aromatic nitrogens is 1. The van der Waals surface area contributed by atoms with Gasteiger partial charge in [0.15, 0.2) is 0 Å². The van der Waals surface area contributed by atoms with E-state index < -0.39 is 5.91 Å². The molecule has 1 aromatic carbocycles. The van der Waals surface area contributed by atoms with Crippen LogP contribution in [-0.4, -0.2) is 28.2 Å². The van der Waals surface area contributed by atoms with Gasteiger partial charge in [-0.3, -0.25) is 9.59 Å². The van der Waals surface area contributed by atoms with E-state index in [2.05, 4.69) is 4.98 Å². The van der Waals surface area contributed by atoms with Gasteiger partial charge in [-0.2, -0.15) is 0 Å². The molecule has 0 radical (unpaired) electrons. The summed E-state index contributed by atoms with van der Waals surface area (Å²) in [7, 11) is 0. The normalized spacial score (nSPS) is 17.9. The Hall–Kier alpha value is -2.21. The third-order valence-electron chi connectivity index (χ3n) is 3.64. The van der Waals surface area contributed by atoms with E-state index in [9.17, 15) is 9.59 Å². The van der Waals surface area contributed by atoms with Crippen LogP contribution < -0.4 is 5.73 Å². The molecule has 21 heavy (non-hydrogen) atoms. The molecule has 0 aliphatic carbocycles. The van der Waals surface area contributed by atoms with Crippen molar-refractivity contribution >= 4 is 23.2 Å². The molecular formula is C15H15N3O2S. The van der Waals surface area contributed by atoms with E-state index >= 15 is 0 Å². The minimum atomic E-state index is -0.525. The molecule has 2 N–H and O–H groups in total. The van der Waals surface area contributed by atoms with Crippen LogP contribution in [0.1, 0.15) is 44.6 Å². The van der Waals surface area contributed by atoms with E-state index in [-0.39, 0.29) is 11.9 Å². The van der Waals surface area contributed by atoms with Crippen molar-refractivity contribution in [3.05, 3.63) is 52.0 Å². The second kappa shape index (κ2) is 5.65. The quantitative estimate of drug-likeness (QED) is 0.944. The number of carbonyl (C=O) groups excluding carboxylic acids is 2. The summed E-state index contributed by atoms with van der Waals surface area (Å²) < 4.78 is 0. The van der Waals surface area contributed by atoms with Crippen LogP contribution in [-0.2, 0) is 0 Å². The average Bonchev–Trinajstić information content (AvgIpc) is 3.17. The van der Waals surface area contributed by atoms with Crippen LogP contribution in [0.15, 0.2) is 35.8 Å². The number of thiazole rings is 1. The van der Waals surface area contributed by atoms with Crippen LogP contribution in [0.25, 0.3) is 0 Å². The number of hydrogen-bond acceptors (Lipinski definition) is 4. The number of likely N-dealkylation sites (tertiary alicyclic amines) is 1. The minimum Gasteiger partial charge on any atom is -0.366 e. The molecule has 1 aliphatic heterocycles. The molecule has 1 aliphatic rings. The first-order chi connectivity index (χ1) is 10.2. The highest BCUT2D eigenvalue weighted by Crippen LogP contribution is 2.34. The molecule has 1 unspecified atom stereocenters. The van der Waals surface area contributed by atoms with Crippen molar-refractivity contribution in [2.24, 2.45) is 5.73 Å². The molecule has 0 saturated carbocycles. The Bertz CT molecular complexity index is 669. The maximum Gasteiger partial charge on any atom is 0.254 e. The largest absolute Gasteiger partial charge is 0.366 e. The Kier molecular flexibility index (Phi) is 3.70. The number of nitrogens with zero attached hydrogens (tertiary/aromatic N) is 2. The molecule has 0 spiro atoms. The van der Waals surface area contributed by atoms with Crippen LogP contribution in [0, 0.1) is 0 Å². The fourth-order valence-corrected chi connectivity index (χ4v) is 3.42. The number of carbonyl (C=O) groups is 2. The lowest BCUT2D eigenvalue weighted by Crippen LogP contribution is -2.30. The Morgan fingerprint density at radius 1 is 1.33 bits per heavy atom. The maximum absolute atomic E-state index is 12.7. The van der Waals surface area contributed by atoms with Crippen LogP contribution >= 0.6 is 11.3 Å². The Balaban J connectivity index is 1.87. The minimum absolute atomic E-state index is 0.0368. The summed E-state index contributed by atoms with van der Waals surface area (Å²) in [5.41, 5.74) is 6.12. The predicted molar refractivity (Wildman–Crippen MR) is 80.1 cm³/mol. The van der Waals surface area contributed by atoms with Crippen LogP contribution in [0.2, 0.25) is 0 Å². The smallest absolute Gasteiger partial charge is 0.254 e. The maximum atomic E-state index is 12.7. The molecule has 1 saturated heterocycles. The van der Waals surface area contributed by atoms with Gasteiger partial charge in [0.1, 0.15) is 5.01 Å². The zero-order valence-electron chi connectivity index (χ0n) is 11.4. The van der Waals surface area contributed by atoms with E-state index in [0.717, 1.165) is 17.8 Å². The summed E-state index contributed by atoms with van der Waals surface area (Å²) in [6.45, 7) is 0.712. The third kappa shape index (κ3) is 2.67. The van der Waals surface area contributed by atoms with Crippen molar-refractivity contribution in [1.82, 2.24) is 9.88 Å². The summed E-state index contributed by atoms with van der Waals surface area (Å²) in [6, 6.07) is 6.60. The molecule has 2 heterocycles. The lowest BCUT2D eigenvalue weighted by molar-refractivity contribution is 0.0735. The molecule has 2 amide bonds. The molecule has 5 nitrogen and oxygen atoms in total. The highest BCUT2D eigenvalue weighted by molar-refractivity contribution is 7.09. The summed E-state index contributed by atoms with van der Waals surface area (Å²) in [5.74, 6) is -0.599. The lowest BCUT2D eigenvalue weighted by Gasteiger charge is -2.23. The Morgan fingerprint density at radius 2 is 2.14 bits per heavy atom. The van der Waals surface area contributed by atoms with E-state index in [4.69, 9.17) is 5.73 Å². The molecule has 1 fully saturated rings. The molecule has 0 bridgehead atoms. The Morgan fingerprint density at radius 3 is 2.86 bits per heavy atom. The number of primary amides is 1. The van der Waals surface area contributed by atoms with Crippen LogP contribution in [0.4, 0.5) is 0 Å². The van der Waals surface area contributed by atoms with Gasteiger partial charge in [0, 0.05) is 29.2 Å². The van der Waals surface area contributed by atoms with Crippen LogP contribution in [0.3, 0.4) is 0 Å². The van der Waals surface area contributed by atoms with E-state index in [1.54, 1.807) is 41.8 Å². The van der Waals surface area contributed by atoms with Gasteiger partial charge in [-0.25, -0.2) is 4.98 Å². The monoisotopic (exact) mass is 301 g/mol. The second-order valence-electron chi connectivity index (χ2n) is 4.97. The molecule has 2 aromatic rings. The second-order valence-corrected chi connectivity index (χ2v) is 5.90. The van der Waals surface area contributed by atoms with Gasteiger partial charge in [0.05, 0.1) is 6.04 Å². The molecule has 6 heteroatoms. The van der Waals surface area contributed by atoms with Crippen LogP contribution in [0.5, 0.6) is 0 Å². The van der Waals surface area contributed by atoms with E-state index in [1.165, 1.54) is 0 Å². The zero-order chi connectivity index (χ0) is 14.8. The van der Waals surface area contributed by atoms with Crippen molar-refractivity contribution < 1.29 is 9.59 Å². The fraction of sp³-hybridized carbons (Fsp3) is 0.267. The standard InChI is InChI=1S/C15H15N3O2S/c16-13(19)10-3-1-4-11(9-10)15(20)18-7-2-5-12(18)14-17-6-8-21-14/h1,3-4,6,8-9,12H,2,5,7H2,(H2,16,19). The van der Waals surface area contributed by atoms with Crippen molar-refractivity contribution in [3.8, 4) is 0 Å². The summed E-state index contributed by atoms with van der Waals surface area (Å²) in [4.78, 5) is 30.1. The number of nitrogens with two attached hydrogens (primary N) is 1. The summed E-state index contributed by atoms with van der Waals surface area (Å²) in [5, 5.41) is 2.89. The first-order valence-electron chi connectivity index (χ1n) is 6.77. The molecule has 3 rings (SSSR count). The first kappa shape index (κ1) is 13.8. The van der Waals surface area contributed by atoms with Crippen molar-refractivity contribution in [2.45, 2.75) is 18.9 Å². The molecular weight excluding hydrogens is 286 g/mol. The SMILES string of the molecule is NC(=O)c1cccc(C(=O)N2CCCC2c2nccs2)c1. The number of benzene rings is 1. The Labute approximate surface area is 126 Å². The predicted octanol–water partition coefficient (Wildman–Crippen LogP) is 2.22. The molecule has 1 atom stereocenters. The van der Waals surface area contributed by atoms with Gasteiger partial charge in [0.25, 0.3) is 5.91 Å². The topological polar surface area (TPSA) is 76.3 Å². The number of hydrogen-bond donors (Lipinski definition) is 1. The highest BCUT2D eigenvalue weighted by Gasteiger charge is 2.32. The van der Waals surface area contributed by atoms with Gasteiger partial charge < -0.3 is 10.6 Å². The summed E-state index contributed by atoms with van der Waals surface area (Å²) >= 11 is 1.57. The van der Waals surface area contributed by atoms with Gasteiger partial charge in [-0.1, -0.05) is 6.07 Å². The highest BCUT2D eigenvalue weighted by atomic mass is 32.1. The van der Waals surface area contributed by atoms with Gasteiger partial charge in [-0.05, 0) is 31.0 Å². The molecule has 1 aromatic heterocycles. The summed E-state index contributed by atoms with van der Waals surface area (Å²) in [6.07, 6.45) is 3.65. The van der Waals surface area contributed by atoms with Crippen molar-refractivity contribution in [2.75, 3.05) is 6.54 Å². The van der Waals surface area contributed by atoms with E-state index in [1.807, 2.05) is 10.3 Å². The fourth-order valence-electron chi connectivity index (χ4n) is 2.64. The van der Waals surface area contributed by atoms with Crippen molar-refractivity contribution in [1.29, 1.82) is 0 Å². The third-order valence-corrected chi connectivity index (χ3v) is 4.52. The van der Waals surface area contributed by atoms with Gasteiger partial charge in [-0.15, -0.1) is 11.3 Å². The lowest BCUT2D eigenvalue weighted by atomic mass is 10.1. The first-order valence-corrected chi connectivity index (χ1v) is 7.65. The number of amides is 2. The average molecular weight is 301 g/mol. The van der Waals surface area contributed by atoms with Gasteiger partial charge >= 0.3 is 0 Å².